The van der Waals surface area contributed by atoms with Crippen molar-refractivity contribution in [2.45, 2.75) is 57.1 Å². The van der Waals surface area contributed by atoms with Gasteiger partial charge >= 0.3 is 0 Å². The van der Waals surface area contributed by atoms with Crippen LogP contribution in [-0.4, -0.2) is 118 Å². The highest BCUT2D eigenvalue weighted by Crippen LogP contribution is 2.37. The van der Waals surface area contributed by atoms with Gasteiger partial charge in [-0.2, -0.15) is 26.2 Å². The molecule has 2 amide bonds. The molecule has 3 heterocycles. The van der Waals surface area contributed by atoms with Crippen LogP contribution in [0.2, 0.25) is 10.0 Å². The number of rotatable bonds is 12. The topological polar surface area (TPSA) is 265 Å². The first-order valence-electron chi connectivity index (χ1n) is 19.3. The molecule has 0 bridgehead atoms. The van der Waals surface area contributed by atoms with E-state index in [4.69, 9.17) is 47.6 Å². The molecule has 18 nitrogen and oxygen atoms in total. The highest BCUT2D eigenvalue weighted by molar-refractivity contribution is 7.89. The first-order chi connectivity index (χ1) is 29.5. The van der Waals surface area contributed by atoms with Crippen LogP contribution in [0.15, 0.2) is 70.7 Å². The van der Waals surface area contributed by atoms with Crippen molar-refractivity contribution in [3.8, 4) is 11.5 Å². The van der Waals surface area contributed by atoms with Gasteiger partial charge in [0.15, 0.2) is 6.61 Å². The number of nitrogens with zero attached hydrogens (tertiary/aromatic N) is 4. The van der Waals surface area contributed by atoms with E-state index in [1.807, 2.05) is 32.0 Å². The van der Waals surface area contributed by atoms with Crippen LogP contribution in [0.3, 0.4) is 0 Å². The number of pyridine rings is 1. The van der Waals surface area contributed by atoms with Gasteiger partial charge in [0.1, 0.15) is 34.6 Å². The van der Waals surface area contributed by atoms with Crippen LogP contribution >= 0.6 is 23.2 Å². The van der Waals surface area contributed by atoms with Crippen LogP contribution in [0.4, 0.5) is 0 Å². The molecule has 0 spiro atoms. The Morgan fingerprint density at radius 1 is 0.921 bits per heavy atom. The average Bonchev–Trinajstić information content (AvgIpc) is 3.70. The summed E-state index contributed by atoms with van der Waals surface area (Å²) in [6.45, 7) is 5.38. The second-order valence-electron chi connectivity index (χ2n) is 14.8. The lowest BCUT2D eigenvalue weighted by Crippen LogP contribution is -2.48. The molecule has 2 aliphatic rings. The lowest BCUT2D eigenvalue weighted by atomic mass is 9.96. The second kappa shape index (κ2) is 22.3. The first kappa shape index (κ1) is 51.0. The minimum atomic E-state index is -4.17. The number of ether oxygens (including phenoxy) is 2. The fraction of sp³-hybridized carbons (Fsp3) is 0.400. The number of aromatic nitrogens is 1. The quantitative estimate of drug-likeness (QED) is 0.0653. The van der Waals surface area contributed by atoms with E-state index in [9.17, 15) is 34.8 Å². The standard InChI is InChI=1S/C38H42Cl2N6O6S.2CH4O3S/c1-24-19-25(2)44-37-29(24)5-3-7-33(37)52-22-30-31(39)12-13-34(36(30)40)53(49,50)46-16-4-6-32(46)38(48)42-20-27-14-17-45(18-15-27)35(47)23-51-28-10-8-26(9-11-28)21-43-41;2*1-5(2,3)4/h3,5,7-13,19,21,27,32H,4,6,14-18,20,22-23,41H2,1-2H3,(H,42,48);2*1H3,(H,2,3,4)/t32-;;/m0../s1. The van der Waals surface area contributed by atoms with Gasteiger partial charge < -0.3 is 25.5 Å². The van der Waals surface area contributed by atoms with E-state index in [-0.39, 0.29) is 52.4 Å². The number of para-hydroxylation sites is 1. The Morgan fingerprint density at radius 3 is 2.17 bits per heavy atom. The van der Waals surface area contributed by atoms with Gasteiger partial charge in [0.2, 0.25) is 15.9 Å². The molecule has 0 saturated carbocycles. The predicted octanol–water partition coefficient (Wildman–Crippen LogP) is 4.62. The van der Waals surface area contributed by atoms with Crippen LogP contribution < -0.4 is 20.6 Å². The number of sulfonamides is 1. The molecule has 3 aromatic carbocycles. The average molecular weight is 974 g/mol. The molecule has 0 aliphatic carbocycles. The van der Waals surface area contributed by atoms with Crippen molar-refractivity contribution in [3.05, 3.63) is 93.1 Å². The van der Waals surface area contributed by atoms with Crippen molar-refractivity contribution in [2.75, 3.05) is 45.3 Å². The molecule has 0 radical (unpaired) electrons. The normalized spacial score (nSPS) is 16.2. The number of aryl methyl sites for hydroxylation is 2. The summed E-state index contributed by atoms with van der Waals surface area (Å²) in [6, 6.07) is 16.7. The van der Waals surface area contributed by atoms with Gasteiger partial charge in [-0.1, -0.05) is 35.3 Å². The summed E-state index contributed by atoms with van der Waals surface area (Å²) in [5, 5.41) is 7.62. The third kappa shape index (κ3) is 15.6. The van der Waals surface area contributed by atoms with Crippen molar-refractivity contribution < 1.29 is 53.4 Å². The molecular weight excluding hydrogens is 924 g/mol. The summed E-state index contributed by atoms with van der Waals surface area (Å²) in [5.41, 5.74) is 3.74. The van der Waals surface area contributed by atoms with E-state index in [0.717, 1.165) is 22.2 Å². The highest BCUT2D eigenvalue weighted by Gasteiger charge is 2.41. The minimum Gasteiger partial charge on any atom is -0.487 e. The lowest BCUT2D eigenvalue weighted by Gasteiger charge is -2.32. The summed E-state index contributed by atoms with van der Waals surface area (Å²) in [7, 11) is -11.5. The van der Waals surface area contributed by atoms with Gasteiger partial charge in [0.05, 0.1) is 23.7 Å². The van der Waals surface area contributed by atoms with Crippen molar-refractivity contribution in [1.82, 2.24) is 19.5 Å². The monoisotopic (exact) mass is 972 g/mol. The lowest BCUT2D eigenvalue weighted by molar-refractivity contribution is -0.135. The van der Waals surface area contributed by atoms with Crippen LogP contribution in [-0.2, 0) is 46.5 Å². The molecule has 0 unspecified atom stereocenters. The van der Waals surface area contributed by atoms with Crippen LogP contribution in [0.25, 0.3) is 10.9 Å². The maximum absolute atomic E-state index is 14.1. The Morgan fingerprint density at radius 2 is 1.56 bits per heavy atom. The fourth-order valence-electron chi connectivity index (χ4n) is 6.87. The van der Waals surface area contributed by atoms with Crippen LogP contribution in [0, 0.1) is 19.8 Å². The largest absolute Gasteiger partial charge is 0.487 e. The Kier molecular flexibility index (Phi) is 18.1. The maximum atomic E-state index is 14.1. The Labute approximate surface area is 377 Å². The van der Waals surface area contributed by atoms with Gasteiger partial charge in [-0.15, -0.1) is 0 Å². The number of amides is 2. The van der Waals surface area contributed by atoms with E-state index in [1.54, 1.807) is 35.2 Å². The number of benzene rings is 3. The van der Waals surface area contributed by atoms with E-state index >= 15 is 0 Å². The first-order valence-corrected chi connectivity index (χ1v) is 25.2. The third-order valence-corrected chi connectivity index (χ3v) is 12.6. The molecule has 5 N–H and O–H groups in total. The summed E-state index contributed by atoms with van der Waals surface area (Å²) >= 11 is 13.3. The summed E-state index contributed by atoms with van der Waals surface area (Å²) in [6.07, 6.45) is 5.26. The zero-order chi connectivity index (χ0) is 46.7. The second-order valence-corrected chi connectivity index (χ2v) is 20.4. The number of nitrogens with two attached hydrogens (primary N) is 1. The molecule has 23 heteroatoms. The molecule has 2 saturated heterocycles. The zero-order valence-electron chi connectivity index (χ0n) is 34.9. The van der Waals surface area contributed by atoms with E-state index in [1.165, 1.54) is 22.7 Å². The Hall–Kier alpha value is -4.61. The number of halogens is 2. The number of carbonyl (C=O) groups is 2. The summed E-state index contributed by atoms with van der Waals surface area (Å²) < 4.78 is 92.9. The SMILES string of the molecule is CS(=O)(=O)O.CS(=O)(=O)O.Cc1cc(C)c2cccc(OCc3c(Cl)ccc(S(=O)(=O)N4CCC[C@H]4C(=O)NCC4CCN(C(=O)COc5ccc(C=NN)cc5)CC4)c3Cl)c2n1. The number of hydrogen-bond donors (Lipinski definition) is 4. The van der Waals surface area contributed by atoms with Crippen LogP contribution in [0.5, 0.6) is 11.5 Å². The molecule has 1 atom stereocenters. The van der Waals surface area contributed by atoms with Gasteiger partial charge in [-0.25, -0.2) is 13.4 Å². The predicted molar refractivity (Wildman–Crippen MR) is 240 cm³/mol. The van der Waals surface area contributed by atoms with E-state index in [0.29, 0.717) is 80.4 Å². The number of carbonyl (C=O) groups excluding carboxylic acids is 2. The Bertz CT molecular complexity index is 2580. The van der Waals surface area contributed by atoms with Crippen molar-refractivity contribution in [3.63, 3.8) is 0 Å². The number of hydrogen-bond acceptors (Lipinski definition) is 13. The van der Waals surface area contributed by atoms with Crippen LogP contribution in [0.1, 0.15) is 48.1 Å². The minimum absolute atomic E-state index is 0.0498. The fourth-order valence-corrected chi connectivity index (χ4v) is 9.39. The molecule has 2 aliphatic heterocycles. The number of piperidine rings is 1. The molecule has 4 aromatic rings. The molecule has 63 heavy (non-hydrogen) atoms. The maximum Gasteiger partial charge on any atom is 0.261 e. The number of likely N-dealkylation sites (tertiary alicyclic amines) is 1. The Balaban J connectivity index is 0.000000784. The molecule has 344 valence electrons. The van der Waals surface area contributed by atoms with E-state index in [2.05, 4.69) is 15.4 Å². The van der Waals surface area contributed by atoms with Gasteiger partial charge in [-0.05, 0) is 105 Å². The van der Waals surface area contributed by atoms with E-state index < -0.39 is 36.3 Å². The molecule has 2 fully saturated rings. The number of hydrazone groups is 1. The number of nitrogens with one attached hydrogen (secondary N) is 1. The van der Waals surface area contributed by atoms with Crippen molar-refractivity contribution in [1.29, 1.82) is 0 Å². The smallest absolute Gasteiger partial charge is 0.261 e. The third-order valence-electron chi connectivity index (χ3n) is 9.75. The van der Waals surface area contributed by atoms with Gasteiger partial charge in [0, 0.05) is 47.8 Å². The highest BCUT2D eigenvalue weighted by atomic mass is 35.5. The molecular formula is C40H50Cl2N6O12S3. The van der Waals surface area contributed by atoms with Gasteiger partial charge in [0.25, 0.3) is 26.1 Å². The molecule has 1 aromatic heterocycles. The molecule has 6 rings (SSSR count). The van der Waals surface area contributed by atoms with Crippen molar-refractivity contribution in [2.24, 2.45) is 16.9 Å². The zero-order valence-corrected chi connectivity index (χ0v) is 38.9. The summed E-state index contributed by atoms with van der Waals surface area (Å²) in [5.74, 6) is 5.94. The van der Waals surface area contributed by atoms with Gasteiger partial charge in [-0.3, -0.25) is 18.7 Å². The van der Waals surface area contributed by atoms with Crippen molar-refractivity contribution >= 4 is 82.4 Å². The number of fused-ring (bicyclic) bond motifs is 1. The summed E-state index contributed by atoms with van der Waals surface area (Å²) in [4.78, 5) is 32.5.